The molecule has 4 rings (SSSR count). The van der Waals surface area contributed by atoms with Gasteiger partial charge in [-0.3, -0.25) is 4.79 Å². The number of benzene rings is 2. The lowest BCUT2D eigenvalue weighted by molar-refractivity contribution is 0.0747. The van der Waals surface area contributed by atoms with E-state index in [2.05, 4.69) is 10.1 Å². The Kier molecular flexibility index (Phi) is 5.37. The highest BCUT2D eigenvalue weighted by atomic mass is 16.5. The van der Waals surface area contributed by atoms with Crippen molar-refractivity contribution in [3.05, 3.63) is 60.3 Å². The third-order valence-corrected chi connectivity index (χ3v) is 5.15. The molecule has 0 unspecified atom stereocenters. The lowest BCUT2D eigenvalue weighted by Gasteiger charge is -2.36. The van der Waals surface area contributed by atoms with Crippen molar-refractivity contribution in [2.24, 2.45) is 0 Å². The van der Waals surface area contributed by atoms with Crippen molar-refractivity contribution in [1.29, 1.82) is 0 Å². The smallest absolute Gasteiger partial charge is 0.259 e. The van der Waals surface area contributed by atoms with Gasteiger partial charge in [-0.05, 0) is 36.4 Å². The van der Waals surface area contributed by atoms with Gasteiger partial charge in [0, 0.05) is 31.7 Å². The quantitative estimate of drug-likeness (QED) is 0.662. The van der Waals surface area contributed by atoms with Gasteiger partial charge in [0.1, 0.15) is 17.1 Å². The fraction of sp³-hybridized carbons (Fsp3) is 0.273. The first kappa shape index (κ1) is 18.9. The van der Waals surface area contributed by atoms with E-state index in [9.17, 15) is 4.79 Å². The van der Waals surface area contributed by atoms with Crippen molar-refractivity contribution in [2.45, 2.75) is 0 Å². The Morgan fingerprint density at radius 2 is 1.69 bits per heavy atom. The second-order valence-electron chi connectivity index (χ2n) is 6.75. The Morgan fingerprint density at radius 1 is 0.966 bits per heavy atom. The summed E-state index contributed by atoms with van der Waals surface area (Å²) in [5, 5.41) is 3.86. The first-order chi connectivity index (χ1) is 14.2. The minimum atomic E-state index is -0.0725. The summed E-state index contributed by atoms with van der Waals surface area (Å²) in [6, 6.07) is 15.3. The number of rotatable bonds is 5. The topological polar surface area (TPSA) is 68.0 Å². The van der Waals surface area contributed by atoms with Crippen LogP contribution in [0.15, 0.2) is 59.3 Å². The van der Waals surface area contributed by atoms with Crippen LogP contribution in [0.2, 0.25) is 0 Å². The van der Waals surface area contributed by atoms with E-state index in [4.69, 9.17) is 14.0 Å². The highest BCUT2D eigenvalue weighted by Crippen LogP contribution is 2.30. The van der Waals surface area contributed by atoms with Gasteiger partial charge in [0.25, 0.3) is 5.91 Å². The highest BCUT2D eigenvalue weighted by molar-refractivity contribution is 5.99. The van der Waals surface area contributed by atoms with Crippen LogP contribution in [0.25, 0.3) is 11.3 Å². The van der Waals surface area contributed by atoms with Crippen LogP contribution in [-0.4, -0.2) is 56.4 Å². The van der Waals surface area contributed by atoms with Crippen molar-refractivity contribution in [3.63, 3.8) is 0 Å². The van der Waals surface area contributed by atoms with Crippen LogP contribution in [0.4, 0.5) is 5.69 Å². The number of amides is 1. The molecule has 1 saturated heterocycles. The molecule has 1 aliphatic rings. The van der Waals surface area contributed by atoms with Gasteiger partial charge in [-0.25, -0.2) is 0 Å². The van der Waals surface area contributed by atoms with Crippen LogP contribution in [0.1, 0.15) is 10.4 Å². The van der Waals surface area contributed by atoms with Gasteiger partial charge >= 0.3 is 0 Å². The second kappa shape index (κ2) is 8.26. The number of anilines is 1. The fourth-order valence-corrected chi connectivity index (χ4v) is 3.55. The molecule has 2 heterocycles. The average Bonchev–Trinajstić information content (AvgIpc) is 3.28. The molecule has 0 N–H and O–H groups in total. The summed E-state index contributed by atoms with van der Waals surface area (Å²) in [6.45, 7) is 2.69. The molecule has 0 spiro atoms. The fourth-order valence-electron chi connectivity index (χ4n) is 3.55. The minimum absolute atomic E-state index is 0.0725. The van der Waals surface area contributed by atoms with Crippen LogP contribution in [0.3, 0.4) is 0 Å². The zero-order chi connectivity index (χ0) is 20.2. The third kappa shape index (κ3) is 3.76. The third-order valence-electron chi connectivity index (χ3n) is 5.15. The molecule has 7 heteroatoms. The van der Waals surface area contributed by atoms with E-state index in [1.54, 1.807) is 14.2 Å². The molecule has 1 fully saturated rings. The van der Waals surface area contributed by atoms with E-state index in [-0.39, 0.29) is 5.91 Å². The van der Waals surface area contributed by atoms with Crippen LogP contribution >= 0.6 is 0 Å². The molecule has 1 amide bonds. The molecule has 0 bridgehead atoms. The van der Waals surface area contributed by atoms with Crippen molar-refractivity contribution in [1.82, 2.24) is 10.1 Å². The summed E-state index contributed by atoms with van der Waals surface area (Å²) in [5.41, 5.74) is 2.31. The van der Waals surface area contributed by atoms with Gasteiger partial charge in [0.15, 0.2) is 5.76 Å². The second-order valence-corrected chi connectivity index (χ2v) is 6.75. The molecule has 0 aliphatic carbocycles. The number of aromatic nitrogens is 1. The monoisotopic (exact) mass is 393 g/mol. The van der Waals surface area contributed by atoms with E-state index in [1.165, 1.54) is 6.20 Å². The van der Waals surface area contributed by atoms with Crippen LogP contribution < -0.4 is 14.4 Å². The van der Waals surface area contributed by atoms with E-state index in [0.29, 0.717) is 24.4 Å². The Hall–Kier alpha value is -3.48. The van der Waals surface area contributed by atoms with Gasteiger partial charge in [0.2, 0.25) is 0 Å². The van der Waals surface area contributed by atoms with E-state index in [0.717, 1.165) is 35.8 Å². The summed E-state index contributed by atoms with van der Waals surface area (Å²) in [4.78, 5) is 17.2. The molecule has 0 saturated carbocycles. The van der Waals surface area contributed by atoms with Gasteiger partial charge in [-0.15, -0.1) is 0 Å². The molecule has 0 atom stereocenters. The summed E-state index contributed by atoms with van der Waals surface area (Å²) in [5.74, 6) is 1.99. The summed E-state index contributed by atoms with van der Waals surface area (Å²) in [6.07, 6.45) is 1.49. The molecule has 2 aromatic carbocycles. The Morgan fingerprint density at radius 3 is 2.38 bits per heavy atom. The van der Waals surface area contributed by atoms with Crippen LogP contribution in [0.5, 0.6) is 11.5 Å². The Balaban J connectivity index is 1.47. The summed E-state index contributed by atoms with van der Waals surface area (Å²) in [7, 11) is 3.29. The number of hydrogen-bond donors (Lipinski definition) is 0. The zero-order valence-corrected chi connectivity index (χ0v) is 16.5. The van der Waals surface area contributed by atoms with E-state index in [1.807, 2.05) is 53.4 Å². The molecular formula is C22H23N3O4. The molecule has 29 heavy (non-hydrogen) atoms. The SMILES string of the molecule is COc1ccc(-c2oncc2C(=O)N2CCN(c3ccccc3OC)CC2)cc1. The predicted molar refractivity (Wildman–Crippen MR) is 110 cm³/mol. The largest absolute Gasteiger partial charge is 0.497 e. The van der Waals surface area contributed by atoms with Gasteiger partial charge in [-0.2, -0.15) is 0 Å². The number of ether oxygens (including phenoxy) is 2. The maximum atomic E-state index is 13.1. The lowest BCUT2D eigenvalue weighted by Crippen LogP contribution is -2.48. The van der Waals surface area contributed by atoms with Crippen molar-refractivity contribution < 1.29 is 18.8 Å². The van der Waals surface area contributed by atoms with Gasteiger partial charge in [-0.1, -0.05) is 17.3 Å². The number of carbonyl (C=O) groups excluding carboxylic acids is 1. The molecule has 150 valence electrons. The number of methoxy groups -OCH3 is 2. The van der Waals surface area contributed by atoms with E-state index >= 15 is 0 Å². The van der Waals surface area contributed by atoms with Crippen LogP contribution in [-0.2, 0) is 0 Å². The number of carbonyl (C=O) groups is 1. The van der Waals surface area contributed by atoms with Gasteiger partial charge < -0.3 is 23.8 Å². The zero-order valence-electron chi connectivity index (χ0n) is 16.5. The van der Waals surface area contributed by atoms with Crippen LogP contribution in [0, 0.1) is 0 Å². The predicted octanol–water partition coefficient (Wildman–Crippen LogP) is 3.32. The minimum Gasteiger partial charge on any atom is -0.497 e. The lowest BCUT2D eigenvalue weighted by atomic mass is 10.1. The van der Waals surface area contributed by atoms with E-state index < -0.39 is 0 Å². The molecular weight excluding hydrogens is 370 g/mol. The molecule has 1 aromatic heterocycles. The first-order valence-corrected chi connectivity index (χ1v) is 9.47. The number of piperazine rings is 1. The number of nitrogens with zero attached hydrogens (tertiary/aromatic N) is 3. The highest BCUT2D eigenvalue weighted by Gasteiger charge is 2.27. The number of para-hydroxylation sites is 2. The Bertz CT molecular complexity index is 976. The molecule has 1 aliphatic heterocycles. The van der Waals surface area contributed by atoms with Crippen molar-refractivity contribution in [2.75, 3.05) is 45.3 Å². The summed E-state index contributed by atoms with van der Waals surface area (Å²) >= 11 is 0. The van der Waals surface area contributed by atoms with Gasteiger partial charge in [0.05, 0.1) is 26.1 Å². The molecule has 7 nitrogen and oxygen atoms in total. The van der Waals surface area contributed by atoms with Crippen molar-refractivity contribution in [3.8, 4) is 22.8 Å². The standard InChI is InChI=1S/C22H23N3O4/c1-27-17-9-7-16(8-10-17)21-18(15-23-29-21)22(26)25-13-11-24(12-14-25)19-5-3-4-6-20(19)28-2/h3-10,15H,11-14H2,1-2H3. The number of hydrogen-bond acceptors (Lipinski definition) is 6. The maximum absolute atomic E-state index is 13.1. The maximum Gasteiger partial charge on any atom is 0.259 e. The first-order valence-electron chi connectivity index (χ1n) is 9.47. The normalized spacial score (nSPS) is 14.0. The molecule has 0 radical (unpaired) electrons. The summed E-state index contributed by atoms with van der Waals surface area (Å²) < 4.78 is 16.0. The average molecular weight is 393 g/mol. The Labute approximate surface area is 169 Å². The van der Waals surface area contributed by atoms with Crippen molar-refractivity contribution >= 4 is 11.6 Å². The molecule has 3 aromatic rings.